The first-order chi connectivity index (χ1) is 14.5. The summed E-state index contributed by atoms with van der Waals surface area (Å²) in [6, 6.07) is 1.95. The molecule has 1 amide bonds. The number of nitrogen functional groups attached to an aromatic ring is 1. The first-order valence-corrected chi connectivity index (χ1v) is 10.8. The Morgan fingerprint density at radius 1 is 1.33 bits per heavy atom. The summed E-state index contributed by atoms with van der Waals surface area (Å²) in [5.74, 6) is 1.35. The maximum Gasteiger partial charge on any atom is 0.290 e. The van der Waals surface area contributed by atoms with E-state index >= 15 is 0 Å². The summed E-state index contributed by atoms with van der Waals surface area (Å²) >= 11 is 0. The second-order valence-corrected chi connectivity index (χ2v) is 7.91. The molecular formula is C21H35N5O4. The molecule has 1 saturated carbocycles. The van der Waals surface area contributed by atoms with E-state index in [9.17, 15) is 4.79 Å². The lowest BCUT2D eigenvalue weighted by molar-refractivity contribution is -0.138. The van der Waals surface area contributed by atoms with Gasteiger partial charge < -0.3 is 25.8 Å². The number of nitrogens with one attached hydrogen (secondary N) is 1. The molecule has 0 spiro atoms. The van der Waals surface area contributed by atoms with Crippen LogP contribution < -0.4 is 11.1 Å². The van der Waals surface area contributed by atoms with Gasteiger partial charge in [-0.05, 0) is 51.9 Å². The monoisotopic (exact) mass is 421 g/mol. The molecule has 0 aromatic carbocycles. The van der Waals surface area contributed by atoms with Gasteiger partial charge in [0.1, 0.15) is 5.82 Å². The van der Waals surface area contributed by atoms with Crippen molar-refractivity contribution in [3.05, 3.63) is 11.8 Å². The fourth-order valence-electron chi connectivity index (χ4n) is 4.22. The number of rotatable bonds is 6. The van der Waals surface area contributed by atoms with Crippen LogP contribution >= 0.6 is 0 Å². The summed E-state index contributed by atoms with van der Waals surface area (Å²) in [7, 11) is 0. The van der Waals surface area contributed by atoms with Crippen molar-refractivity contribution in [1.29, 1.82) is 0 Å². The molecule has 9 heteroatoms. The van der Waals surface area contributed by atoms with Crippen LogP contribution in [0.15, 0.2) is 6.07 Å². The number of carboxylic acid groups (broad SMARTS) is 1. The number of carbonyl (C=O) groups excluding carboxylic acids is 1. The van der Waals surface area contributed by atoms with Crippen LogP contribution in [0.1, 0.15) is 57.6 Å². The third kappa shape index (κ3) is 7.12. The van der Waals surface area contributed by atoms with Gasteiger partial charge in [0.15, 0.2) is 0 Å². The van der Waals surface area contributed by atoms with Crippen LogP contribution in [0, 0.1) is 12.8 Å². The Morgan fingerprint density at radius 2 is 2.03 bits per heavy atom. The lowest BCUT2D eigenvalue weighted by Crippen LogP contribution is -2.47. The molecule has 1 aromatic rings. The number of nitrogens with zero attached hydrogens (tertiary/aromatic N) is 3. The molecule has 0 bridgehead atoms. The highest BCUT2D eigenvalue weighted by Gasteiger charge is 2.36. The van der Waals surface area contributed by atoms with Gasteiger partial charge in [-0.25, -0.2) is 4.98 Å². The average Bonchev–Trinajstić information content (AvgIpc) is 2.73. The lowest BCUT2D eigenvalue weighted by atomic mass is 9.82. The molecule has 1 aliphatic heterocycles. The molecular weight excluding hydrogens is 386 g/mol. The number of hydrogen-bond donors (Lipinski definition) is 3. The number of amides is 1. The molecule has 1 saturated heterocycles. The second kappa shape index (κ2) is 12.3. The Morgan fingerprint density at radius 3 is 2.67 bits per heavy atom. The van der Waals surface area contributed by atoms with Crippen molar-refractivity contribution >= 4 is 24.1 Å². The van der Waals surface area contributed by atoms with Crippen molar-refractivity contribution in [2.75, 3.05) is 30.7 Å². The van der Waals surface area contributed by atoms with E-state index in [0.29, 0.717) is 11.7 Å². The van der Waals surface area contributed by atoms with Crippen LogP contribution in [0.4, 0.5) is 11.8 Å². The second-order valence-electron chi connectivity index (χ2n) is 7.91. The third-order valence-electron chi connectivity index (χ3n) is 5.54. The number of carbonyl (C=O) groups is 2. The van der Waals surface area contributed by atoms with Crippen LogP contribution in [0.5, 0.6) is 0 Å². The number of ether oxygens (including phenoxy) is 1. The molecule has 1 aliphatic carbocycles. The molecule has 1 aromatic heterocycles. The number of likely N-dealkylation sites (tertiary alicyclic amines) is 1. The molecule has 4 N–H and O–H groups in total. The minimum Gasteiger partial charge on any atom is -0.483 e. The van der Waals surface area contributed by atoms with E-state index in [4.69, 9.17) is 20.4 Å². The lowest BCUT2D eigenvalue weighted by Gasteiger charge is -2.38. The van der Waals surface area contributed by atoms with E-state index in [1.54, 1.807) is 0 Å². The van der Waals surface area contributed by atoms with E-state index in [-0.39, 0.29) is 30.5 Å². The van der Waals surface area contributed by atoms with Gasteiger partial charge in [0.25, 0.3) is 6.47 Å². The summed E-state index contributed by atoms with van der Waals surface area (Å²) < 4.78 is 6.09. The molecule has 3 rings (SSSR count). The number of nitrogens with two attached hydrogens (primary N) is 1. The van der Waals surface area contributed by atoms with Gasteiger partial charge in [-0.15, -0.1) is 0 Å². The highest BCUT2D eigenvalue weighted by molar-refractivity contribution is 5.79. The number of aromatic nitrogens is 2. The summed E-state index contributed by atoms with van der Waals surface area (Å²) in [5, 5.41) is 10.4. The maximum atomic E-state index is 13.0. The molecule has 2 heterocycles. The molecule has 168 valence electrons. The van der Waals surface area contributed by atoms with Crippen LogP contribution in [-0.4, -0.2) is 64.2 Å². The minimum absolute atomic E-state index is 0.0535. The number of piperidine rings is 1. The first kappa shape index (κ1) is 23.9. The molecule has 3 atom stereocenters. The van der Waals surface area contributed by atoms with E-state index in [0.717, 1.165) is 63.9 Å². The molecule has 0 radical (unpaired) electrons. The molecule has 2 aliphatic rings. The van der Waals surface area contributed by atoms with Crippen molar-refractivity contribution in [1.82, 2.24) is 14.9 Å². The number of aryl methyl sites for hydroxylation is 1. The average molecular weight is 422 g/mol. The van der Waals surface area contributed by atoms with E-state index in [2.05, 4.69) is 27.1 Å². The smallest absolute Gasteiger partial charge is 0.290 e. The summed E-state index contributed by atoms with van der Waals surface area (Å²) in [6.45, 7) is 6.31. The molecule has 9 nitrogen and oxygen atoms in total. The minimum atomic E-state index is -0.250. The predicted octanol–water partition coefficient (Wildman–Crippen LogP) is 2.46. The highest BCUT2D eigenvalue weighted by Crippen LogP contribution is 2.31. The number of anilines is 2. The van der Waals surface area contributed by atoms with Crippen molar-refractivity contribution in [3.8, 4) is 0 Å². The van der Waals surface area contributed by atoms with Crippen LogP contribution in [0.25, 0.3) is 0 Å². The zero-order chi connectivity index (χ0) is 21.9. The Hall–Kier alpha value is -2.42. The van der Waals surface area contributed by atoms with E-state index in [1.165, 1.54) is 6.42 Å². The van der Waals surface area contributed by atoms with Crippen molar-refractivity contribution in [3.63, 3.8) is 0 Å². The third-order valence-corrected chi connectivity index (χ3v) is 5.54. The highest BCUT2D eigenvalue weighted by atomic mass is 16.5. The maximum absolute atomic E-state index is 13.0. The van der Waals surface area contributed by atoms with E-state index in [1.807, 2.05) is 13.0 Å². The van der Waals surface area contributed by atoms with Gasteiger partial charge in [0, 0.05) is 37.4 Å². The predicted molar refractivity (Wildman–Crippen MR) is 115 cm³/mol. The van der Waals surface area contributed by atoms with Gasteiger partial charge in [0.05, 0.1) is 12.1 Å². The van der Waals surface area contributed by atoms with Gasteiger partial charge in [0.2, 0.25) is 11.9 Å². The fourth-order valence-corrected chi connectivity index (χ4v) is 4.22. The summed E-state index contributed by atoms with van der Waals surface area (Å²) in [6.07, 6.45) is 7.12. The molecule has 0 unspecified atom stereocenters. The SMILES string of the molecule is CCCO[C@@H]1CC[C@H](C(=O)N2CCCCC2)C[C@H]1Nc1cc(C)nc(N)n1.O=CO. The van der Waals surface area contributed by atoms with Crippen molar-refractivity contribution in [2.24, 2.45) is 5.92 Å². The quantitative estimate of drug-likeness (QED) is 0.597. The normalized spacial score (nSPS) is 23.8. The summed E-state index contributed by atoms with van der Waals surface area (Å²) in [4.78, 5) is 31.9. The largest absolute Gasteiger partial charge is 0.483 e. The van der Waals surface area contributed by atoms with E-state index < -0.39 is 0 Å². The van der Waals surface area contributed by atoms with Gasteiger partial charge in [-0.2, -0.15) is 4.98 Å². The zero-order valence-electron chi connectivity index (χ0n) is 18.0. The van der Waals surface area contributed by atoms with Crippen molar-refractivity contribution < 1.29 is 19.4 Å². The van der Waals surface area contributed by atoms with Crippen LogP contribution in [0.2, 0.25) is 0 Å². The van der Waals surface area contributed by atoms with Crippen LogP contribution in [-0.2, 0) is 14.3 Å². The molecule has 2 fully saturated rings. The van der Waals surface area contributed by atoms with Gasteiger partial charge in [-0.1, -0.05) is 6.92 Å². The Bertz CT molecular complexity index is 661. The van der Waals surface area contributed by atoms with Gasteiger partial charge in [-0.3, -0.25) is 9.59 Å². The Kier molecular flexibility index (Phi) is 9.79. The first-order valence-electron chi connectivity index (χ1n) is 10.8. The fraction of sp³-hybridized carbons (Fsp3) is 0.714. The summed E-state index contributed by atoms with van der Waals surface area (Å²) in [5.41, 5.74) is 6.62. The van der Waals surface area contributed by atoms with Crippen LogP contribution in [0.3, 0.4) is 0 Å². The standard InChI is InChI=1S/C20H33N5O2.CH2O2/c1-3-11-27-17-8-7-15(19(26)25-9-5-4-6-10-25)13-16(17)23-18-12-14(2)22-20(21)24-18;2-1-3/h12,15-17H,3-11,13H2,1-2H3,(H3,21,22,23,24);1H,(H,2,3)/t15-,16+,17+;/m0./s1. The topological polar surface area (TPSA) is 131 Å². The van der Waals surface area contributed by atoms with Gasteiger partial charge >= 0.3 is 0 Å². The Balaban J connectivity index is 0.00000101. The zero-order valence-corrected chi connectivity index (χ0v) is 18.0. The van der Waals surface area contributed by atoms with Crippen molar-refractivity contribution in [2.45, 2.75) is 70.9 Å². The number of hydrogen-bond acceptors (Lipinski definition) is 7. The molecule has 30 heavy (non-hydrogen) atoms. The Labute approximate surface area is 178 Å².